The van der Waals surface area contributed by atoms with Crippen LogP contribution in [0.1, 0.15) is 18.2 Å². The highest BCUT2D eigenvalue weighted by Gasteiger charge is 2.11. The van der Waals surface area contributed by atoms with Gasteiger partial charge in [0.2, 0.25) is 0 Å². The average Bonchev–Trinajstić information content (AvgIpc) is 2.83. The number of hydrogen-bond donors (Lipinski definition) is 1. The highest BCUT2D eigenvalue weighted by atomic mass is 16.5. The van der Waals surface area contributed by atoms with Crippen molar-refractivity contribution in [2.75, 3.05) is 6.61 Å². The van der Waals surface area contributed by atoms with Gasteiger partial charge in [-0.2, -0.15) is 0 Å². The molecule has 0 fully saturated rings. The van der Waals surface area contributed by atoms with E-state index in [-0.39, 0.29) is 6.61 Å². The lowest BCUT2D eigenvalue weighted by Gasteiger charge is -2.15. The Labute approximate surface area is 112 Å². The number of ether oxygens (including phenoxy) is 2. The number of nitrogens with zero attached hydrogens (tertiary/aromatic N) is 2. The van der Waals surface area contributed by atoms with Crippen molar-refractivity contribution >= 4 is 0 Å². The maximum Gasteiger partial charge on any atom is 0.167 e. The van der Waals surface area contributed by atoms with E-state index in [9.17, 15) is 5.11 Å². The number of aryl methyl sites for hydroxylation is 1. The van der Waals surface area contributed by atoms with Gasteiger partial charge in [-0.25, -0.2) is 4.98 Å². The predicted octanol–water partition coefficient (Wildman–Crippen LogP) is 1.89. The van der Waals surface area contributed by atoms with Crippen LogP contribution in [0, 0.1) is 0 Å². The molecule has 0 aliphatic heterocycles. The van der Waals surface area contributed by atoms with Gasteiger partial charge in [-0.15, -0.1) is 0 Å². The fourth-order valence-electron chi connectivity index (χ4n) is 1.79. The summed E-state index contributed by atoms with van der Waals surface area (Å²) in [6.45, 7) is 2.77. The average molecular weight is 262 g/mol. The van der Waals surface area contributed by atoms with Crippen LogP contribution < -0.4 is 9.47 Å². The zero-order chi connectivity index (χ0) is 13.7. The molecular weight excluding hydrogens is 244 g/mol. The molecule has 0 radical (unpaired) electrons. The molecule has 1 aromatic carbocycles. The fourth-order valence-corrected chi connectivity index (χ4v) is 1.79. The lowest BCUT2D eigenvalue weighted by Crippen LogP contribution is -2.05. The molecule has 0 saturated carbocycles. The molecule has 1 aromatic heterocycles. The molecule has 0 bridgehead atoms. The first-order chi connectivity index (χ1) is 9.26. The van der Waals surface area contributed by atoms with Crippen molar-refractivity contribution in [2.45, 2.75) is 20.1 Å². The molecule has 102 valence electrons. The minimum Gasteiger partial charge on any atom is -0.490 e. The first-order valence-electron chi connectivity index (χ1n) is 6.19. The first kappa shape index (κ1) is 13.4. The smallest absolute Gasteiger partial charge is 0.167 e. The Morgan fingerprint density at radius 2 is 2.16 bits per heavy atom. The third kappa shape index (κ3) is 3.06. The normalized spacial score (nSPS) is 10.5. The van der Waals surface area contributed by atoms with Crippen LogP contribution in [0.4, 0.5) is 0 Å². The van der Waals surface area contributed by atoms with Crippen molar-refractivity contribution in [1.82, 2.24) is 9.55 Å². The second-order valence-electron chi connectivity index (χ2n) is 4.12. The van der Waals surface area contributed by atoms with Gasteiger partial charge in [0, 0.05) is 12.6 Å². The van der Waals surface area contributed by atoms with Gasteiger partial charge in [-0.3, -0.25) is 0 Å². The van der Waals surface area contributed by atoms with Gasteiger partial charge in [0.1, 0.15) is 6.61 Å². The highest BCUT2D eigenvalue weighted by Crippen LogP contribution is 2.32. The van der Waals surface area contributed by atoms with Crippen LogP contribution in [0.25, 0.3) is 0 Å². The number of imidazole rings is 1. The van der Waals surface area contributed by atoms with E-state index in [1.54, 1.807) is 12.5 Å². The minimum absolute atomic E-state index is 0.0817. The van der Waals surface area contributed by atoms with Gasteiger partial charge in [0.25, 0.3) is 0 Å². The summed E-state index contributed by atoms with van der Waals surface area (Å²) in [7, 11) is 1.91. The third-order valence-corrected chi connectivity index (χ3v) is 2.81. The lowest BCUT2D eigenvalue weighted by molar-refractivity contribution is 0.240. The van der Waals surface area contributed by atoms with Gasteiger partial charge >= 0.3 is 0 Å². The van der Waals surface area contributed by atoms with Crippen molar-refractivity contribution in [1.29, 1.82) is 0 Å². The van der Waals surface area contributed by atoms with E-state index in [2.05, 4.69) is 4.98 Å². The largest absolute Gasteiger partial charge is 0.490 e. The zero-order valence-corrected chi connectivity index (χ0v) is 11.2. The molecule has 0 aliphatic carbocycles. The topological polar surface area (TPSA) is 56.5 Å². The monoisotopic (exact) mass is 262 g/mol. The quantitative estimate of drug-likeness (QED) is 0.863. The van der Waals surface area contributed by atoms with Crippen molar-refractivity contribution in [3.8, 4) is 11.5 Å². The molecule has 1 heterocycles. The minimum atomic E-state index is -0.0817. The molecule has 0 spiro atoms. The van der Waals surface area contributed by atoms with E-state index in [0.29, 0.717) is 30.3 Å². The third-order valence-electron chi connectivity index (χ3n) is 2.81. The molecule has 0 amide bonds. The summed E-state index contributed by atoms with van der Waals surface area (Å²) in [5.74, 6) is 1.24. The van der Waals surface area contributed by atoms with Crippen molar-refractivity contribution in [3.05, 3.63) is 42.0 Å². The van der Waals surface area contributed by atoms with Crippen molar-refractivity contribution in [2.24, 2.45) is 7.05 Å². The van der Waals surface area contributed by atoms with Crippen LogP contribution in [0.2, 0.25) is 0 Å². The Kier molecular flexibility index (Phi) is 4.41. The summed E-state index contributed by atoms with van der Waals surface area (Å²) >= 11 is 0. The van der Waals surface area contributed by atoms with Crippen LogP contribution in [-0.4, -0.2) is 21.3 Å². The van der Waals surface area contributed by atoms with E-state index in [0.717, 1.165) is 5.69 Å². The molecule has 5 heteroatoms. The Hall–Kier alpha value is -2.01. The number of hydrogen-bond acceptors (Lipinski definition) is 4. The molecular formula is C14H18N2O3. The van der Waals surface area contributed by atoms with Crippen LogP contribution in [0.3, 0.4) is 0 Å². The van der Waals surface area contributed by atoms with Crippen molar-refractivity contribution in [3.63, 3.8) is 0 Å². The molecule has 19 heavy (non-hydrogen) atoms. The van der Waals surface area contributed by atoms with E-state index < -0.39 is 0 Å². The van der Waals surface area contributed by atoms with E-state index in [4.69, 9.17) is 9.47 Å². The van der Waals surface area contributed by atoms with Crippen molar-refractivity contribution < 1.29 is 14.6 Å². The van der Waals surface area contributed by atoms with Gasteiger partial charge in [-0.1, -0.05) is 12.1 Å². The van der Waals surface area contributed by atoms with Crippen LogP contribution in [0.5, 0.6) is 11.5 Å². The number of rotatable bonds is 6. The standard InChI is InChI=1S/C14H18N2O3/c1-3-18-13-6-4-5-11(8-17)14(13)19-9-12-7-15-10-16(12)2/h4-7,10,17H,3,8-9H2,1-2H3. The molecule has 2 aromatic rings. The summed E-state index contributed by atoms with van der Waals surface area (Å²) in [5.41, 5.74) is 1.67. The maximum atomic E-state index is 9.37. The Morgan fingerprint density at radius 1 is 1.32 bits per heavy atom. The molecule has 0 unspecified atom stereocenters. The first-order valence-corrected chi connectivity index (χ1v) is 6.19. The molecule has 2 rings (SSSR count). The van der Waals surface area contributed by atoms with E-state index in [1.807, 2.05) is 36.7 Å². The van der Waals surface area contributed by atoms with Gasteiger partial charge in [-0.05, 0) is 13.0 Å². The number of benzene rings is 1. The van der Waals surface area contributed by atoms with E-state index in [1.165, 1.54) is 0 Å². The predicted molar refractivity (Wildman–Crippen MR) is 71.1 cm³/mol. The molecule has 0 saturated heterocycles. The Bertz CT molecular complexity index is 537. The van der Waals surface area contributed by atoms with Crippen LogP contribution in [0.15, 0.2) is 30.7 Å². The van der Waals surface area contributed by atoms with Gasteiger partial charge < -0.3 is 19.1 Å². The Balaban J connectivity index is 2.20. The molecule has 1 N–H and O–H groups in total. The van der Waals surface area contributed by atoms with E-state index >= 15 is 0 Å². The number of aliphatic hydroxyl groups is 1. The number of para-hydroxylation sites is 1. The van der Waals surface area contributed by atoms with Gasteiger partial charge in [0.15, 0.2) is 11.5 Å². The lowest BCUT2D eigenvalue weighted by atomic mass is 10.2. The summed E-state index contributed by atoms with van der Waals surface area (Å²) in [6.07, 6.45) is 3.47. The maximum absolute atomic E-state index is 9.37. The summed E-state index contributed by atoms with van der Waals surface area (Å²) in [4.78, 5) is 4.04. The zero-order valence-electron chi connectivity index (χ0n) is 11.2. The highest BCUT2D eigenvalue weighted by molar-refractivity contribution is 5.46. The van der Waals surface area contributed by atoms with Gasteiger partial charge in [0.05, 0.1) is 31.4 Å². The number of aliphatic hydroxyl groups excluding tert-OH is 1. The Morgan fingerprint density at radius 3 is 2.79 bits per heavy atom. The fraction of sp³-hybridized carbons (Fsp3) is 0.357. The van der Waals surface area contributed by atoms with Crippen LogP contribution >= 0.6 is 0 Å². The molecule has 0 atom stereocenters. The second kappa shape index (κ2) is 6.24. The molecule has 5 nitrogen and oxygen atoms in total. The summed E-state index contributed by atoms with van der Waals surface area (Å²) < 4.78 is 13.2. The SMILES string of the molecule is CCOc1cccc(CO)c1OCc1cncn1C. The van der Waals surface area contributed by atoms with Crippen LogP contribution in [-0.2, 0) is 20.3 Å². The second-order valence-corrected chi connectivity index (χ2v) is 4.12. The summed E-state index contributed by atoms with van der Waals surface area (Å²) in [6, 6.07) is 5.50. The number of aromatic nitrogens is 2. The summed E-state index contributed by atoms with van der Waals surface area (Å²) in [5, 5.41) is 9.37. The molecule has 0 aliphatic rings.